The maximum absolute atomic E-state index is 12.8. The second kappa shape index (κ2) is 8.32. The topological polar surface area (TPSA) is 70.7 Å². The van der Waals surface area contributed by atoms with Crippen LogP contribution in [0.1, 0.15) is 42.7 Å². The van der Waals surface area contributed by atoms with Crippen molar-refractivity contribution in [2.45, 2.75) is 44.8 Å². The third-order valence-corrected chi connectivity index (χ3v) is 6.36. The third kappa shape index (κ3) is 3.91. The molecule has 1 aromatic carbocycles. The molecule has 7 heteroatoms. The first kappa shape index (κ1) is 19.0. The molecule has 0 bridgehead atoms. The number of fused-ring (bicyclic) bond motifs is 1. The predicted molar refractivity (Wildman–Crippen MR) is 111 cm³/mol. The summed E-state index contributed by atoms with van der Waals surface area (Å²) in [5.74, 6) is -0.111. The van der Waals surface area contributed by atoms with Crippen LogP contribution in [0, 0.1) is 0 Å². The molecule has 0 radical (unpaired) electrons. The zero-order chi connectivity index (χ0) is 19.5. The second-order valence-electron chi connectivity index (χ2n) is 7.16. The number of ether oxygens (including phenoxy) is 1. The van der Waals surface area contributed by atoms with E-state index in [1.807, 2.05) is 17.0 Å². The number of hydrogen-bond donors (Lipinski definition) is 2. The van der Waals surface area contributed by atoms with Gasteiger partial charge in [0.15, 0.2) is 0 Å². The van der Waals surface area contributed by atoms with Crippen LogP contribution in [-0.4, -0.2) is 36.1 Å². The fraction of sp³-hybridized carbons (Fsp3) is 0.429. The van der Waals surface area contributed by atoms with Crippen molar-refractivity contribution < 1.29 is 14.3 Å². The lowest BCUT2D eigenvalue weighted by Crippen LogP contribution is -2.41. The number of benzene rings is 1. The highest BCUT2D eigenvalue weighted by Crippen LogP contribution is 2.35. The van der Waals surface area contributed by atoms with Gasteiger partial charge in [-0.05, 0) is 67.0 Å². The van der Waals surface area contributed by atoms with Crippen molar-refractivity contribution in [1.82, 2.24) is 4.90 Å². The summed E-state index contributed by atoms with van der Waals surface area (Å²) in [7, 11) is 0. The number of hydrogen-bond acceptors (Lipinski definition) is 4. The molecule has 2 atom stereocenters. The van der Waals surface area contributed by atoms with Gasteiger partial charge in [-0.3, -0.25) is 4.79 Å². The number of anilines is 2. The molecule has 6 nitrogen and oxygen atoms in total. The summed E-state index contributed by atoms with van der Waals surface area (Å²) >= 11 is 1.78. The smallest absolute Gasteiger partial charge is 0.322 e. The summed E-state index contributed by atoms with van der Waals surface area (Å²) in [6, 6.07) is 9.40. The van der Waals surface area contributed by atoms with E-state index in [-0.39, 0.29) is 24.1 Å². The average Bonchev–Trinajstić information content (AvgIpc) is 3.40. The van der Waals surface area contributed by atoms with E-state index in [1.54, 1.807) is 23.5 Å². The molecule has 3 amide bonds. The first-order valence-electron chi connectivity index (χ1n) is 9.82. The zero-order valence-electron chi connectivity index (χ0n) is 15.9. The van der Waals surface area contributed by atoms with E-state index in [4.69, 9.17) is 4.74 Å². The summed E-state index contributed by atoms with van der Waals surface area (Å²) in [4.78, 5) is 28.3. The van der Waals surface area contributed by atoms with Crippen molar-refractivity contribution in [2.24, 2.45) is 0 Å². The molecule has 2 aliphatic heterocycles. The van der Waals surface area contributed by atoms with E-state index < -0.39 is 0 Å². The van der Waals surface area contributed by atoms with Gasteiger partial charge in [-0.25, -0.2) is 4.79 Å². The van der Waals surface area contributed by atoms with Crippen LogP contribution in [-0.2, 0) is 16.0 Å². The van der Waals surface area contributed by atoms with Gasteiger partial charge in [0.25, 0.3) is 5.91 Å². The highest BCUT2D eigenvalue weighted by Gasteiger charge is 2.30. The normalized spacial score (nSPS) is 21.2. The fourth-order valence-electron chi connectivity index (χ4n) is 3.92. The molecule has 2 N–H and O–H groups in total. The van der Waals surface area contributed by atoms with Gasteiger partial charge in [-0.15, -0.1) is 11.3 Å². The van der Waals surface area contributed by atoms with Crippen molar-refractivity contribution in [2.75, 3.05) is 23.8 Å². The number of nitrogens with zero attached hydrogens (tertiary/aromatic N) is 1. The maximum atomic E-state index is 12.8. The first-order chi connectivity index (χ1) is 13.7. The Bertz CT molecular complexity index is 843. The third-order valence-electron chi connectivity index (χ3n) is 5.37. The van der Waals surface area contributed by atoms with Crippen LogP contribution in [0.5, 0.6) is 0 Å². The van der Waals surface area contributed by atoms with Gasteiger partial charge in [0.2, 0.25) is 0 Å². The molecule has 28 heavy (non-hydrogen) atoms. The van der Waals surface area contributed by atoms with Crippen molar-refractivity contribution in [3.05, 3.63) is 46.2 Å². The molecule has 0 spiro atoms. The van der Waals surface area contributed by atoms with Gasteiger partial charge >= 0.3 is 6.03 Å². The Kier molecular flexibility index (Phi) is 5.64. The molecule has 0 unspecified atom stereocenters. The molecule has 1 fully saturated rings. The molecule has 148 valence electrons. The molecule has 2 aliphatic rings. The molecule has 1 saturated heterocycles. The largest absolute Gasteiger partial charge is 0.368 e. The summed E-state index contributed by atoms with van der Waals surface area (Å²) in [6.45, 7) is 3.49. The number of carbonyl (C=O) groups is 2. The monoisotopic (exact) mass is 399 g/mol. The fourth-order valence-corrected chi connectivity index (χ4v) is 4.85. The zero-order valence-corrected chi connectivity index (χ0v) is 16.8. The summed E-state index contributed by atoms with van der Waals surface area (Å²) in [6.07, 6.45) is 3.13. The van der Waals surface area contributed by atoms with Crippen molar-refractivity contribution in [3.8, 4) is 0 Å². The Labute approximate surface area is 168 Å². The highest BCUT2D eigenvalue weighted by atomic mass is 32.1. The van der Waals surface area contributed by atoms with Gasteiger partial charge in [-0.2, -0.15) is 0 Å². The Hall–Kier alpha value is -2.38. The van der Waals surface area contributed by atoms with Crippen LogP contribution in [0.2, 0.25) is 0 Å². The molecule has 0 aliphatic carbocycles. The number of amides is 3. The molecule has 0 saturated carbocycles. The van der Waals surface area contributed by atoms with Crippen LogP contribution >= 0.6 is 11.3 Å². The molecular weight excluding hydrogens is 374 g/mol. The lowest BCUT2D eigenvalue weighted by atomic mass is 9.98. The van der Waals surface area contributed by atoms with Crippen LogP contribution < -0.4 is 10.6 Å². The number of carbonyl (C=O) groups excluding carboxylic acids is 2. The van der Waals surface area contributed by atoms with Crippen molar-refractivity contribution in [1.29, 1.82) is 0 Å². The molecule has 3 heterocycles. The second-order valence-corrected chi connectivity index (χ2v) is 8.17. The van der Waals surface area contributed by atoms with E-state index in [1.165, 1.54) is 10.4 Å². The Morgan fingerprint density at radius 2 is 1.93 bits per heavy atom. The van der Waals surface area contributed by atoms with Crippen molar-refractivity contribution >= 4 is 34.6 Å². The molecular formula is C21H25N3O3S. The average molecular weight is 400 g/mol. The highest BCUT2D eigenvalue weighted by molar-refractivity contribution is 7.10. The maximum Gasteiger partial charge on any atom is 0.322 e. The van der Waals surface area contributed by atoms with Crippen molar-refractivity contribution in [3.63, 3.8) is 0 Å². The lowest BCUT2D eigenvalue weighted by molar-refractivity contribution is -0.124. The minimum Gasteiger partial charge on any atom is -0.368 e. The Morgan fingerprint density at radius 3 is 2.61 bits per heavy atom. The van der Waals surface area contributed by atoms with E-state index in [0.717, 1.165) is 32.2 Å². The molecule has 2 aromatic rings. The SMILES string of the molecule is CC[C@H]1c2ccsc2CCN1C(=O)Nc1ccc(NC(=O)[C@H]2CCCO2)cc1. The number of nitrogens with one attached hydrogen (secondary N) is 2. The lowest BCUT2D eigenvalue weighted by Gasteiger charge is -2.35. The van der Waals surface area contributed by atoms with E-state index in [2.05, 4.69) is 29.0 Å². The predicted octanol–water partition coefficient (Wildman–Crippen LogP) is 4.41. The van der Waals surface area contributed by atoms with Crippen LogP contribution in [0.3, 0.4) is 0 Å². The molecule has 4 rings (SSSR count). The number of urea groups is 1. The summed E-state index contributed by atoms with van der Waals surface area (Å²) in [5.41, 5.74) is 2.69. The van der Waals surface area contributed by atoms with Gasteiger partial charge in [0.1, 0.15) is 6.10 Å². The van der Waals surface area contributed by atoms with Gasteiger partial charge in [0, 0.05) is 29.4 Å². The van der Waals surface area contributed by atoms with Gasteiger partial charge in [0.05, 0.1) is 6.04 Å². The first-order valence-corrected chi connectivity index (χ1v) is 10.7. The van der Waals surface area contributed by atoms with E-state index >= 15 is 0 Å². The summed E-state index contributed by atoms with van der Waals surface area (Å²) in [5, 5.41) is 7.96. The molecule has 1 aromatic heterocycles. The minimum absolute atomic E-state index is 0.0835. The van der Waals surface area contributed by atoms with Crippen LogP contribution in [0.25, 0.3) is 0 Å². The van der Waals surface area contributed by atoms with E-state index in [9.17, 15) is 9.59 Å². The van der Waals surface area contributed by atoms with Crippen LogP contribution in [0.15, 0.2) is 35.7 Å². The minimum atomic E-state index is -0.355. The Balaban J connectivity index is 1.37. The van der Waals surface area contributed by atoms with Gasteiger partial charge < -0.3 is 20.3 Å². The van der Waals surface area contributed by atoms with Crippen LogP contribution in [0.4, 0.5) is 16.2 Å². The quantitative estimate of drug-likeness (QED) is 0.800. The summed E-state index contributed by atoms with van der Waals surface area (Å²) < 4.78 is 5.40. The van der Waals surface area contributed by atoms with Gasteiger partial charge in [-0.1, -0.05) is 6.92 Å². The standard InChI is InChI=1S/C21H25N3O3S/c1-2-17-16-10-13-28-19(16)9-11-24(17)21(26)23-15-7-5-14(6-8-15)22-20(25)18-4-3-12-27-18/h5-8,10,13,17-18H,2-4,9,11-12H2,1H3,(H,22,25)(H,23,26)/t17-,18+/m0/s1. The number of rotatable bonds is 4. The Morgan fingerprint density at radius 1 is 1.18 bits per heavy atom. The number of thiophene rings is 1. The van der Waals surface area contributed by atoms with E-state index in [0.29, 0.717) is 18.0 Å².